The van der Waals surface area contributed by atoms with Gasteiger partial charge in [0.1, 0.15) is 23.1 Å². The predicted octanol–water partition coefficient (Wildman–Crippen LogP) is 3.82. The maximum Gasteiger partial charge on any atom is 0.274 e. The third-order valence-corrected chi connectivity index (χ3v) is 4.99. The number of nitrogens with one attached hydrogen (secondary N) is 1. The minimum atomic E-state index is -1.21. The van der Waals surface area contributed by atoms with Crippen LogP contribution in [-0.4, -0.2) is 39.9 Å². The first-order valence-electron chi connectivity index (χ1n) is 9.01. The molecule has 0 saturated carbocycles. The number of H-pyrrole nitrogens is 1. The van der Waals surface area contributed by atoms with Crippen molar-refractivity contribution >= 4 is 11.7 Å². The molecule has 1 amide bonds. The first-order valence-corrected chi connectivity index (χ1v) is 9.01. The molecule has 6 nitrogen and oxygen atoms in total. The summed E-state index contributed by atoms with van der Waals surface area (Å²) in [4.78, 5) is 26.7. The van der Waals surface area contributed by atoms with Crippen LogP contribution in [0.25, 0.3) is 11.5 Å². The number of aromatic nitrogens is 2. The van der Waals surface area contributed by atoms with Gasteiger partial charge in [0, 0.05) is 37.2 Å². The molecule has 0 atom stereocenters. The Bertz CT molecular complexity index is 1030. The Morgan fingerprint density at radius 3 is 2.41 bits per heavy atom. The fourth-order valence-corrected chi connectivity index (χ4v) is 3.48. The number of aromatic amines is 1. The SMILES string of the molecule is O=C(c1c(F)cc(F)cc1F)C1CCN(C(=O)c2cc(-c3ccco3)[nH]n2)CC1. The fraction of sp³-hybridized carbons (Fsp3) is 0.250. The third kappa shape index (κ3) is 3.67. The number of nitrogens with zero attached hydrogens (tertiary/aromatic N) is 2. The van der Waals surface area contributed by atoms with E-state index < -0.39 is 34.7 Å². The van der Waals surface area contributed by atoms with E-state index in [-0.39, 0.29) is 37.5 Å². The van der Waals surface area contributed by atoms with Gasteiger partial charge in [-0.05, 0) is 25.0 Å². The molecule has 3 heterocycles. The number of carbonyl (C=O) groups is 2. The molecule has 150 valence electrons. The molecule has 1 saturated heterocycles. The number of benzene rings is 1. The van der Waals surface area contributed by atoms with Gasteiger partial charge >= 0.3 is 0 Å². The second kappa shape index (κ2) is 7.57. The summed E-state index contributed by atoms with van der Waals surface area (Å²) >= 11 is 0. The molecule has 0 bridgehead atoms. The summed E-state index contributed by atoms with van der Waals surface area (Å²) in [6.07, 6.45) is 2.00. The Labute approximate surface area is 163 Å². The maximum atomic E-state index is 13.9. The summed E-state index contributed by atoms with van der Waals surface area (Å²) in [7, 11) is 0. The largest absolute Gasteiger partial charge is 0.463 e. The fourth-order valence-electron chi connectivity index (χ4n) is 3.48. The van der Waals surface area contributed by atoms with Gasteiger partial charge in [-0.25, -0.2) is 13.2 Å². The third-order valence-electron chi connectivity index (χ3n) is 4.99. The van der Waals surface area contributed by atoms with Crippen LogP contribution in [0.2, 0.25) is 0 Å². The minimum absolute atomic E-state index is 0.205. The number of rotatable bonds is 4. The molecule has 1 aliphatic heterocycles. The normalized spacial score (nSPS) is 14.9. The number of ketones is 1. The average molecular weight is 403 g/mol. The lowest BCUT2D eigenvalue weighted by Gasteiger charge is -2.31. The summed E-state index contributed by atoms with van der Waals surface area (Å²) in [5, 5.41) is 6.74. The van der Waals surface area contributed by atoms with Crippen LogP contribution in [0.1, 0.15) is 33.7 Å². The molecular formula is C20H16F3N3O3. The summed E-state index contributed by atoms with van der Waals surface area (Å²) in [6.45, 7) is 0.477. The molecule has 3 aromatic rings. The lowest BCUT2D eigenvalue weighted by atomic mass is 9.88. The molecule has 1 fully saturated rings. The summed E-state index contributed by atoms with van der Waals surface area (Å²) < 4.78 is 46.1. The number of halogens is 3. The van der Waals surface area contributed by atoms with Crippen LogP contribution in [0.15, 0.2) is 41.0 Å². The van der Waals surface area contributed by atoms with E-state index in [0.29, 0.717) is 23.6 Å². The molecule has 2 aromatic heterocycles. The van der Waals surface area contributed by atoms with Crippen molar-refractivity contribution in [3.8, 4) is 11.5 Å². The zero-order valence-corrected chi connectivity index (χ0v) is 15.1. The van der Waals surface area contributed by atoms with E-state index in [1.807, 2.05) is 0 Å². The standard InChI is InChI=1S/C20H16F3N3O3/c21-12-8-13(22)18(14(23)9-12)19(27)11-3-5-26(6-4-11)20(28)16-10-15(24-25-16)17-2-1-7-29-17/h1-2,7-11H,3-6H2,(H,24,25). The van der Waals surface area contributed by atoms with Crippen molar-refractivity contribution in [3.63, 3.8) is 0 Å². The second-order valence-corrected chi connectivity index (χ2v) is 6.82. The number of hydrogen-bond donors (Lipinski definition) is 1. The van der Waals surface area contributed by atoms with Gasteiger partial charge in [-0.15, -0.1) is 0 Å². The Hall–Kier alpha value is -3.36. The Morgan fingerprint density at radius 1 is 1.10 bits per heavy atom. The number of piperidine rings is 1. The van der Waals surface area contributed by atoms with Crippen molar-refractivity contribution in [2.75, 3.05) is 13.1 Å². The van der Waals surface area contributed by atoms with E-state index in [0.717, 1.165) is 0 Å². The molecule has 9 heteroatoms. The highest BCUT2D eigenvalue weighted by molar-refractivity contribution is 5.99. The van der Waals surface area contributed by atoms with Crippen molar-refractivity contribution in [1.82, 2.24) is 15.1 Å². The molecule has 0 radical (unpaired) electrons. The van der Waals surface area contributed by atoms with Crippen LogP contribution < -0.4 is 0 Å². The van der Waals surface area contributed by atoms with E-state index in [9.17, 15) is 22.8 Å². The highest BCUT2D eigenvalue weighted by Gasteiger charge is 2.32. The molecule has 1 N–H and O–H groups in total. The van der Waals surface area contributed by atoms with Gasteiger partial charge in [-0.3, -0.25) is 14.7 Å². The molecule has 0 unspecified atom stereocenters. The zero-order valence-electron chi connectivity index (χ0n) is 15.1. The van der Waals surface area contributed by atoms with Gasteiger partial charge in [-0.1, -0.05) is 0 Å². The number of likely N-dealkylation sites (tertiary alicyclic amines) is 1. The van der Waals surface area contributed by atoms with Crippen LogP contribution >= 0.6 is 0 Å². The average Bonchev–Trinajstić information content (AvgIpc) is 3.38. The van der Waals surface area contributed by atoms with Crippen LogP contribution in [0.3, 0.4) is 0 Å². The van der Waals surface area contributed by atoms with Crippen LogP contribution in [0, 0.1) is 23.4 Å². The highest BCUT2D eigenvalue weighted by atomic mass is 19.1. The van der Waals surface area contributed by atoms with E-state index in [4.69, 9.17) is 4.42 Å². The molecular weight excluding hydrogens is 387 g/mol. The van der Waals surface area contributed by atoms with Gasteiger partial charge < -0.3 is 9.32 Å². The molecule has 1 aliphatic rings. The number of carbonyl (C=O) groups excluding carboxylic acids is 2. The van der Waals surface area contributed by atoms with E-state index in [2.05, 4.69) is 10.2 Å². The van der Waals surface area contributed by atoms with Crippen molar-refractivity contribution in [2.45, 2.75) is 12.8 Å². The Morgan fingerprint density at radius 2 is 1.79 bits per heavy atom. The number of furan rings is 1. The second-order valence-electron chi connectivity index (χ2n) is 6.82. The lowest BCUT2D eigenvalue weighted by molar-refractivity contribution is 0.0643. The van der Waals surface area contributed by atoms with Gasteiger partial charge in [0.25, 0.3) is 5.91 Å². The minimum Gasteiger partial charge on any atom is -0.463 e. The maximum absolute atomic E-state index is 13.9. The monoisotopic (exact) mass is 403 g/mol. The summed E-state index contributed by atoms with van der Waals surface area (Å²) in [6, 6.07) is 5.99. The first kappa shape index (κ1) is 19.0. The number of hydrogen-bond acceptors (Lipinski definition) is 4. The van der Waals surface area contributed by atoms with E-state index in [1.165, 1.54) is 11.2 Å². The summed E-state index contributed by atoms with van der Waals surface area (Å²) in [5.41, 5.74) is 0.0361. The van der Waals surface area contributed by atoms with Crippen molar-refractivity contribution in [1.29, 1.82) is 0 Å². The van der Waals surface area contributed by atoms with Gasteiger partial charge in [0.05, 0.1) is 11.8 Å². The van der Waals surface area contributed by atoms with Crippen molar-refractivity contribution in [2.24, 2.45) is 5.92 Å². The summed E-state index contributed by atoms with van der Waals surface area (Å²) in [5.74, 6) is -4.64. The van der Waals surface area contributed by atoms with E-state index in [1.54, 1.807) is 18.2 Å². The molecule has 1 aromatic carbocycles. The van der Waals surface area contributed by atoms with Crippen LogP contribution in [0.5, 0.6) is 0 Å². The molecule has 4 rings (SSSR count). The topological polar surface area (TPSA) is 79.2 Å². The van der Waals surface area contributed by atoms with Crippen molar-refractivity contribution < 1.29 is 27.2 Å². The van der Waals surface area contributed by atoms with Gasteiger partial charge in [0.2, 0.25) is 0 Å². The van der Waals surface area contributed by atoms with Gasteiger partial charge in [0.15, 0.2) is 17.2 Å². The molecule has 29 heavy (non-hydrogen) atoms. The van der Waals surface area contributed by atoms with Crippen LogP contribution in [-0.2, 0) is 0 Å². The molecule has 0 spiro atoms. The molecule has 0 aliphatic carbocycles. The smallest absolute Gasteiger partial charge is 0.274 e. The number of amides is 1. The first-order chi connectivity index (χ1) is 13.9. The highest BCUT2D eigenvalue weighted by Crippen LogP contribution is 2.26. The quantitative estimate of drug-likeness (QED) is 0.672. The lowest BCUT2D eigenvalue weighted by Crippen LogP contribution is -2.40. The van der Waals surface area contributed by atoms with Gasteiger partial charge in [-0.2, -0.15) is 5.10 Å². The number of Topliss-reactive ketones (excluding diaryl/α,β-unsaturated/α-hetero) is 1. The Kier molecular flexibility index (Phi) is 4.96. The Balaban J connectivity index is 1.42. The van der Waals surface area contributed by atoms with Crippen LogP contribution in [0.4, 0.5) is 13.2 Å². The predicted molar refractivity (Wildman–Crippen MR) is 95.6 cm³/mol. The van der Waals surface area contributed by atoms with E-state index >= 15 is 0 Å². The zero-order chi connectivity index (χ0) is 20.5. The van der Waals surface area contributed by atoms with Crippen molar-refractivity contribution in [3.05, 3.63) is 65.3 Å².